The first-order chi connectivity index (χ1) is 6.88. The highest BCUT2D eigenvalue weighted by atomic mass is 19.4. The van der Waals surface area contributed by atoms with Crippen molar-refractivity contribution in [1.29, 1.82) is 0 Å². The number of fused-ring (bicyclic) bond motifs is 1. The number of aromatic amines is 1. The SMILES string of the molecule is Cc1cc(C(F)(F)F)c2oc(=O)[nH]c2c1. The lowest BCUT2D eigenvalue weighted by atomic mass is 10.1. The molecule has 1 aromatic carbocycles. The van der Waals surface area contributed by atoms with E-state index in [-0.39, 0.29) is 5.52 Å². The number of aryl methyl sites for hydroxylation is 1. The highest BCUT2D eigenvalue weighted by Crippen LogP contribution is 2.34. The molecular weight excluding hydrogens is 211 g/mol. The van der Waals surface area contributed by atoms with E-state index in [1.807, 2.05) is 0 Å². The number of benzene rings is 1. The van der Waals surface area contributed by atoms with Crippen molar-refractivity contribution < 1.29 is 17.6 Å². The van der Waals surface area contributed by atoms with Crippen molar-refractivity contribution in [1.82, 2.24) is 4.98 Å². The average molecular weight is 217 g/mol. The standard InChI is InChI=1S/C9H6F3NO2/c1-4-2-5(9(10,11)12)7-6(3-4)13-8(14)15-7/h2-3H,1H3,(H,13,14). The highest BCUT2D eigenvalue weighted by Gasteiger charge is 2.34. The maximum Gasteiger partial charge on any atom is 0.420 e. The number of alkyl halides is 3. The van der Waals surface area contributed by atoms with Gasteiger partial charge in [0.1, 0.15) is 5.56 Å². The molecular formula is C9H6F3NO2. The fourth-order valence-corrected chi connectivity index (χ4v) is 1.41. The van der Waals surface area contributed by atoms with Gasteiger partial charge in [-0.3, -0.25) is 4.98 Å². The van der Waals surface area contributed by atoms with Gasteiger partial charge in [-0.25, -0.2) is 4.79 Å². The first kappa shape index (κ1) is 9.82. The summed E-state index contributed by atoms with van der Waals surface area (Å²) in [4.78, 5) is 13.0. The van der Waals surface area contributed by atoms with E-state index in [0.717, 1.165) is 6.07 Å². The third-order valence-electron chi connectivity index (χ3n) is 1.97. The van der Waals surface area contributed by atoms with Crippen LogP contribution in [-0.4, -0.2) is 4.98 Å². The molecule has 0 radical (unpaired) electrons. The fraction of sp³-hybridized carbons (Fsp3) is 0.222. The molecule has 1 N–H and O–H groups in total. The molecule has 0 saturated heterocycles. The number of H-pyrrole nitrogens is 1. The topological polar surface area (TPSA) is 46.0 Å². The molecule has 1 heterocycles. The second-order valence-corrected chi connectivity index (χ2v) is 3.20. The fourth-order valence-electron chi connectivity index (χ4n) is 1.41. The van der Waals surface area contributed by atoms with Crippen LogP contribution in [-0.2, 0) is 6.18 Å². The van der Waals surface area contributed by atoms with Gasteiger partial charge in [-0.1, -0.05) is 0 Å². The van der Waals surface area contributed by atoms with Crippen molar-refractivity contribution in [2.45, 2.75) is 13.1 Å². The van der Waals surface area contributed by atoms with E-state index in [1.165, 1.54) is 13.0 Å². The van der Waals surface area contributed by atoms with Crippen molar-refractivity contribution >= 4 is 11.1 Å². The molecule has 0 bridgehead atoms. The lowest BCUT2D eigenvalue weighted by molar-refractivity contribution is -0.136. The maximum absolute atomic E-state index is 12.5. The number of hydrogen-bond donors (Lipinski definition) is 1. The Kier molecular flexibility index (Phi) is 1.89. The number of hydrogen-bond acceptors (Lipinski definition) is 2. The molecule has 0 aliphatic carbocycles. The van der Waals surface area contributed by atoms with Gasteiger partial charge in [0.25, 0.3) is 0 Å². The van der Waals surface area contributed by atoms with Gasteiger partial charge < -0.3 is 4.42 Å². The lowest BCUT2D eigenvalue weighted by Gasteiger charge is -2.07. The summed E-state index contributed by atoms with van der Waals surface area (Å²) in [5, 5.41) is 0. The summed E-state index contributed by atoms with van der Waals surface area (Å²) in [6.45, 7) is 1.51. The number of rotatable bonds is 0. The van der Waals surface area contributed by atoms with Crippen LogP contribution in [0.4, 0.5) is 13.2 Å². The molecule has 0 fully saturated rings. The third-order valence-corrected chi connectivity index (χ3v) is 1.97. The first-order valence-corrected chi connectivity index (χ1v) is 4.08. The third kappa shape index (κ3) is 1.62. The minimum absolute atomic E-state index is 0.0623. The summed E-state index contributed by atoms with van der Waals surface area (Å²) in [6.07, 6.45) is -4.53. The van der Waals surface area contributed by atoms with E-state index in [0.29, 0.717) is 5.56 Å². The first-order valence-electron chi connectivity index (χ1n) is 4.08. The molecule has 0 atom stereocenters. The molecule has 2 aromatic rings. The van der Waals surface area contributed by atoms with Gasteiger partial charge >= 0.3 is 11.9 Å². The van der Waals surface area contributed by atoms with E-state index in [2.05, 4.69) is 9.40 Å². The van der Waals surface area contributed by atoms with Gasteiger partial charge in [0.2, 0.25) is 0 Å². The summed E-state index contributed by atoms with van der Waals surface area (Å²) in [5.41, 5.74) is -0.909. The van der Waals surface area contributed by atoms with Crippen molar-refractivity contribution in [3.05, 3.63) is 33.8 Å². The minimum Gasteiger partial charge on any atom is -0.407 e. The van der Waals surface area contributed by atoms with Crippen LogP contribution in [0.1, 0.15) is 11.1 Å². The quantitative estimate of drug-likeness (QED) is 0.736. The van der Waals surface area contributed by atoms with Crippen molar-refractivity contribution in [3.8, 4) is 0 Å². The molecule has 0 aliphatic heterocycles. The average Bonchev–Trinajstić information content (AvgIpc) is 2.41. The van der Waals surface area contributed by atoms with Crippen LogP contribution in [0.3, 0.4) is 0 Å². The highest BCUT2D eigenvalue weighted by molar-refractivity contribution is 5.77. The summed E-state index contributed by atoms with van der Waals surface area (Å²) >= 11 is 0. The van der Waals surface area contributed by atoms with E-state index in [1.54, 1.807) is 0 Å². The van der Waals surface area contributed by atoms with Crippen LogP contribution < -0.4 is 5.76 Å². The van der Waals surface area contributed by atoms with Crippen molar-refractivity contribution in [2.75, 3.05) is 0 Å². The zero-order valence-corrected chi connectivity index (χ0v) is 7.61. The van der Waals surface area contributed by atoms with Gasteiger partial charge in [-0.2, -0.15) is 13.2 Å². The zero-order chi connectivity index (χ0) is 11.2. The van der Waals surface area contributed by atoms with Crippen molar-refractivity contribution in [2.24, 2.45) is 0 Å². The molecule has 0 amide bonds. The van der Waals surface area contributed by atoms with Crippen LogP contribution in [0.5, 0.6) is 0 Å². The summed E-state index contributed by atoms with van der Waals surface area (Å²) < 4.78 is 42.0. The number of halogens is 3. The smallest absolute Gasteiger partial charge is 0.407 e. The summed E-state index contributed by atoms with van der Waals surface area (Å²) in [5.74, 6) is -0.888. The molecule has 0 unspecified atom stereocenters. The Hall–Kier alpha value is -1.72. The second-order valence-electron chi connectivity index (χ2n) is 3.20. The molecule has 2 rings (SSSR count). The molecule has 0 saturated carbocycles. The van der Waals surface area contributed by atoms with E-state index in [4.69, 9.17) is 0 Å². The molecule has 0 aliphatic rings. The maximum atomic E-state index is 12.5. The monoisotopic (exact) mass is 217 g/mol. The Labute approximate surface area is 81.5 Å². The zero-order valence-electron chi connectivity index (χ0n) is 7.61. The molecule has 0 spiro atoms. The molecule has 80 valence electrons. The Bertz CT molecular complexity index is 565. The molecule has 15 heavy (non-hydrogen) atoms. The Morgan fingerprint density at radius 2 is 2.00 bits per heavy atom. The normalized spacial score (nSPS) is 12.3. The van der Waals surface area contributed by atoms with E-state index in [9.17, 15) is 18.0 Å². The number of aromatic nitrogens is 1. The largest absolute Gasteiger partial charge is 0.420 e. The second kappa shape index (κ2) is 2.88. The Morgan fingerprint density at radius 3 is 2.60 bits per heavy atom. The predicted octanol–water partition coefficient (Wildman–Crippen LogP) is 2.45. The molecule has 3 nitrogen and oxygen atoms in total. The van der Waals surface area contributed by atoms with Crippen LogP contribution in [0.2, 0.25) is 0 Å². The lowest BCUT2D eigenvalue weighted by Crippen LogP contribution is -2.05. The van der Waals surface area contributed by atoms with Gasteiger partial charge in [-0.15, -0.1) is 0 Å². The van der Waals surface area contributed by atoms with Gasteiger partial charge in [0, 0.05) is 0 Å². The van der Waals surface area contributed by atoms with Gasteiger partial charge in [0.05, 0.1) is 5.52 Å². The van der Waals surface area contributed by atoms with Crippen LogP contribution in [0, 0.1) is 6.92 Å². The Morgan fingerprint density at radius 1 is 1.33 bits per heavy atom. The van der Waals surface area contributed by atoms with Crippen LogP contribution >= 0.6 is 0 Å². The minimum atomic E-state index is -4.53. The number of nitrogens with one attached hydrogen (secondary N) is 1. The Balaban J connectivity index is 2.88. The van der Waals surface area contributed by atoms with Gasteiger partial charge in [0.15, 0.2) is 5.58 Å². The summed E-state index contributed by atoms with van der Waals surface area (Å²) in [7, 11) is 0. The van der Waals surface area contributed by atoms with Gasteiger partial charge in [-0.05, 0) is 24.6 Å². The van der Waals surface area contributed by atoms with Crippen LogP contribution in [0.15, 0.2) is 21.3 Å². The predicted molar refractivity (Wildman–Crippen MR) is 46.6 cm³/mol. The number of oxazole rings is 1. The summed E-state index contributed by atoms with van der Waals surface area (Å²) in [6, 6.07) is 2.37. The van der Waals surface area contributed by atoms with E-state index < -0.39 is 23.1 Å². The molecule has 1 aromatic heterocycles. The van der Waals surface area contributed by atoms with Crippen LogP contribution in [0.25, 0.3) is 11.1 Å². The molecule has 6 heteroatoms. The van der Waals surface area contributed by atoms with E-state index >= 15 is 0 Å². The van der Waals surface area contributed by atoms with Crippen molar-refractivity contribution in [3.63, 3.8) is 0 Å².